The number of nitrogens with zero attached hydrogens (tertiary/aromatic N) is 3. The summed E-state index contributed by atoms with van der Waals surface area (Å²) in [5, 5.41) is 6.30. The Hall–Kier alpha value is -3.85. The van der Waals surface area contributed by atoms with Gasteiger partial charge >= 0.3 is 18.0 Å². The minimum absolute atomic E-state index is 0.0305. The summed E-state index contributed by atoms with van der Waals surface area (Å²) in [5.74, 6) is -3.15. The van der Waals surface area contributed by atoms with E-state index < -0.39 is 60.1 Å². The Kier molecular flexibility index (Phi) is 14.5. The van der Waals surface area contributed by atoms with Crippen LogP contribution in [0.3, 0.4) is 0 Å². The molecular weight excluding hydrogens is 623 g/mol. The van der Waals surface area contributed by atoms with Crippen molar-refractivity contribution in [1.82, 2.24) is 5.32 Å². The number of amides is 1. The van der Waals surface area contributed by atoms with Gasteiger partial charge in [0.1, 0.15) is 23.6 Å². The highest BCUT2D eigenvalue weighted by atomic mass is 31.2. The largest absolute Gasteiger partial charge is 0.459 e. The number of esters is 2. The van der Waals surface area contributed by atoms with Crippen LogP contribution in [-0.2, 0) is 45.9 Å². The van der Waals surface area contributed by atoms with Crippen LogP contribution >= 0.6 is 7.37 Å². The topological polar surface area (TPSA) is 166 Å². The zero-order valence-electron chi connectivity index (χ0n) is 28.7. The molecule has 0 heterocycles. The van der Waals surface area contributed by atoms with E-state index in [-0.39, 0.29) is 32.4 Å². The molecule has 0 saturated carbocycles. The molecule has 2 aromatic carbocycles. The second kappa shape index (κ2) is 17.3. The van der Waals surface area contributed by atoms with Gasteiger partial charge in [-0.25, -0.2) is 4.79 Å². The molecule has 13 heteroatoms. The Morgan fingerprint density at radius 2 is 1.38 bits per heavy atom. The summed E-state index contributed by atoms with van der Waals surface area (Å²) in [6, 6.07) is 18.1. The van der Waals surface area contributed by atoms with Gasteiger partial charge in [-0.3, -0.25) is 14.2 Å². The quantitative estimate of drug-likeness (QED) is 0.0274. The number of hydrogen-bond acceptors (Lipinski definition) is 9. The molecule has 0 aliphatic heterocycles. The summed E-state index contributed by atoms with van der Waals surface area (Å²) in [5.41, 5.74) is 6.14. The van der Waals surface area contributed by atoms with Gasteiger partial charge in [0.05, 0.1) is 12.3 Å². The zero-order valence-corrected chi connectivity index (χ0v) is 29.6. The van der Waals surface area contributed by atoms with Gasteiger partial charge < -0.3 is 24.1 Å². The zero-order chi connectivity index (χ0) is 35.3. The monoisotopic (exact) mass is 672 g/mol. The third-order valence-electron chi connectivity index (χ3n) is 6.63. The molecule has 12 nitrogen and oxygen atoms in total. The molecule has 0 saturated heterocycles. The third kappa shape index (κ3) is 13.4. The summed E-state index contributed by atoms with van der Waals surface area (Å²) in [6.45, 7) is 13.2. The van der Waals surface area contributed by atoms with E-state index in [1.54, 1.807) is 91.8 Å². The predicted octanol–water partition coefficient (Wildman–Crippen LogP) is 7.95. The van der Waals surface area contributed by atoms with Crippen LogP contribution in [0.15, 0.2) is 65.8 Å². The second-order valence-corrected chi connectivity index (χ2v) is 16.2. The number of hydrogen-bond donors (Lipinski definition) is 1. The van der Waals surface area contributed by atoms with Crippen LogP contribution < -0.4 is 5.32 Å². The second-order valence-electron chi connectivity index (χ2n) is 13.6. The first-order chi connectivity index (χ1) is 21.9. The summed E-state index contributed by atoms with van der Waals surface area (Å²) in [4.78, 5) is 44.4. The van der Waals surface area contributed by atoms with Crippen LogP contribution in [0, 0.1) is 5.41 Å². The Morgan fingerprint density at radius 3 is 1.85 bits per heavy atom. The van der Waals surface area contributed by atoms with Gasteiger partial charge in [0.25, 0.3) is 0 Å². The molecule has 2 atom stereocenters. The Bertz CT molecular complexity index is 1390. The van der Waals surface area contributed by atoms with Crippen LogP contribution in [0.1, 0.15) is 79.4 Å². The van der Waals surface area contributed by atoms with E-state index in [9.17, 15) is 14.4 Å². The average molecular weight is 673 g/mol. The van der Waals surface area contributed by atoms with E-state index >= 15 is 4.57 Å². The maximum Gasteiger partial charge on any atom is 0.408 e. The first-order valence-corrected chi connectivity index (χ1v) is 17.5. The van der Waals surface area contributed by atoms with Gasteiger partial charge in [-0.05, 0) is 84.9 Å². The van der Waals surface area contributed by atoms with E-state index in [2.05, 4.69) is 15.3 Å². The number of benzene rings is 2. The maximum atomic E-state index is 15.4. The number of nitrogens with one attached hydrogen (secondary N) is 1. The van der Waals surface area contributed by atoms with Crippen molar-refractivity contribution in [3.05, 3.63) is 82.2 Å². The number of carbonyl (C=O) groups excluding carboxylic acids is 3. The standard InChI is InChI=1S/C34H49N4O8P/c1-25(2)46-47(42,28(22-26-16-11-9-12-17-26)37-31(41)43-23-27-18-13-10-14-19-27)24-34(20-15-21-36-38-35,29(39)44-32(3,4)5)30(40)45-33(6,7)8/h9-14,16-19,25,28H,15,20-24H2,1-8H3,(H,37,41)/t28-,47?/m0/s1. The third-order valence-corrected chi connectivity index (χ3v) is 9.65. The van der Waals surface area contributed by atoms with Gasteiger partial charge in [-0.15, -0.1) is 0 Å². The van der Waals surface area contributed by atoms with Gasteiger partial charge in [0.2, 0.25) is 7.37 Å². The highest BCUT2D eigenvalue weighted by molar-refractivity contribution is 7.59. The molecular formula is C34H49N4O8P. The van der Waals surface area contributed by atoms with E-state index in [0.29, 0.717) is 0 Å². The van der Waals surface area contributed by atoms with Crippen LogP contribution in [-0.4, -0.2) is 53.8 Å². The molecule has 47 heavy (non-hydrogen) atoms. The maximum absolute atomic E-state index is 15.4. The molecule has 2 aromatic rings. The normalized spacial score (nSPS) is 13.9. The van der Waals surface area contributed by atoms with Crippen molar-refractivity contribution in [2.75, 3.05) is 12.7 Å². The number of carbonyl (C=O) groups is 3. The number of azide groups is 1. The first-order valence-electron chi connectivity index (χ1n) is 15.7. The molecule has 0 fully saturated rings. The SMILES string of the molecule is CC(C)OP(=O)(CC(CCCN=[N+]=[N-])(C(=O)OC(C)(C)C)C(=O)OC(C)(C)C)[C@@H](Cc1ccccc1)NC(=O)OCc1ccccc1. The lowest BCUT2D eigenvalue weighted by molar-refractivity contribution is -0.184. The molecule has 0 aromatic heterocycles. The molecule has 0 bridgehead atoms. The molecule has 0 radical (unpaired) electrons. The van der Waals surface area contributed by atoms with Crippen molar-refractivity contribution in [2.45, 2.75) is 104 Å². The summed E-state index contributed by atoms with van der Waals surface area (Å²) in [6.07, 6.45) is -2.28. The first kappa shape index (κ1) is 39.3. The number of alkyl carbamates (subject to hydrolysis) is 1. The summed E-state index contributed by atoms with van der Waals surface area (Å²) >= 11 is 0. The lowest BCUT2D eigenvalue weighted by Crippen LogP contribution is -2.51. The van der Waals surface area contributed by atoms with E-state index in [1.807, 2.05) is 24.3 Å². The fourth-order valence-electron chi connectivity index (χ4n) is 4.72. The highest BCUT2D eigenvalue weighted by Gasteiger charge is 2.57. The van der Waals surface area contributed by atoms with Crippen molar-refractivity contribution in [3.63, 3.8) is 0 Å². The fourth-order valence-corrected chi connectivity index (χ4v) is 7.84. The summed E-state index contributed by atoms with van der Waals surface area (Å²) in [7, 11) is -4.23. The van der Waals surface area contributed by atoms with Crippen molar-refractivity contribution in [3.8, 4) is 0 Å². The predicted molar refractivity (Wildman–Crippen MR) is 180 cm³/mol. The van der Waals surface area contributed by atoms with Gasteiger partial charge in [-0.2, -0.15) is 0 Å². The average Bonchev–Trinajstić information content (AvgIpc) is 2.96. The molecule has 0 spiro atoms. The molecule has 0 aliphatic rings. The molecule has 258 valence electrons. The van der Waals surface area contributed by atoms with Crippen molar-refractivity contribution in [1.29, 1.82) is 0 Å². The number of ether oxygens (including phenoxy) is 3. The van der Waals surface area contributed by atoms with Crippen LogP contribution in [0.4, 0.5) is 4.79 Å². The van der Waals surface area contributed by atoms with E-state index in [0.717, 1.165) is 11.1 Å². The molecule has 1 amide bonds. The molecule has 1 unspecified atom stereocenters. The van der Waals surface area contributed by atoms with Gasteiger partial charge in [0.15, 0.2) is 5.41 Å². The van der Waals surface area contributed by atoms with Crippen molar-refractivity contribution < 1.29 is 37.7 Å². The van der Waals surface area contributed by atoms with E-state index in [4.69, 9.17) is 24.3 Å². The highest BCUT2D eigenvalue weighted by Crippen LogP contribution is 2.58. The lowest BCUT2D eigenvalue weighted by atomic mass is 9.84. The van der Waals surface area contributed by atoms with Gasteiger partial charge in [0, 0.05) is 17.9 Å². The smallest absolute Gasteiger partial charge is 0.408 e. The Balaban J connectivity index is 2.71. The Morgan fingerprint density at radius 1 is 0.872 bits per heavy atom. The fraction of sp³-hybridized carbons (Fsp3) is 0.559. The van der Waals surface area contributed by atoms with Crippen LogP contribution in [0.5, 0.6) is 0 Å². The summed E-state index contributed by atoms with van der Waals surface area (Å²) < 4.78 is 38.6. The van der Waals surface area contributed by atoms with Crippen molar-refractivity contribution in [2.24, 2.45) is 10.5 Å². The molecule has 0 aliphatic carbocycles. The molecule has 1 N–H and O–H groups in total. The van der Waals surface area contributed by atoms with Crippen molar-refractivity contribution >= 4 is 25.4 Å². The number of rotatable bonds is 16. The lowest BCUT2D eigenvalue weighted by Gasteiger charge is -2.39. The molecule has 2 rings (SSSR count). The van der Waals surface area contributed by atoms with Gasteiger partial charge in [-0.1, -0.05) is 65.8 Å². The van der Waals surface area contributed by atoms with Crippen LogP contribution in [0.2, 0.25) is 0 Å². The minimum Gasteiger partial charge on any atom is -0.459 e. The minimum atomic E-state index is -4.23. The van der Waals surface area contributed by atoms with E-state index in [1.165, 1.54) is 0 Å². The Labute approximate surface area is 278 Å². The van der Waals surface area contributed by atoms with Crippen LogP contribution in [0.25, 0.3) is 10.4 Å².